The lowest BCUT2D eigenvalue weighted by molar-refractivity contribution is 0.465. The van der Waals surface area contributed by atoms with Crippen molar-refractivity contribution in [3.8, 4) is 5.75 Å². The lowest BCUT2D eigenvalue weighted by atomic mass is 10.1. The smallest absolute Gasteiger partial charge is 0.137 e. The van der Waals surface area contributed by atoms with Gasteiger partial charge in [0.1, 0.15) is 5.75 Å². The number of hydrogen-bond acceptors (Lipinski definition) is 2. The minimum Gasteiger partial charge on any atom is -0.506 e. The predicted octanol–water partition coefficient (Wildman–Crippen LogP) is 2.94. The third kappa shape index (κ3) is 2.40. The molecule has 0 unspecified atom stereocenters. The van der Waals surface area contributed by atoms with Crippen molar-refractivity contribution in [1.82, 2.24) is 4.98 Å². The molecule has 2 aromatic rings. The largest absolute Gasteiger partial charge is 0.506 e. The molecular formula is C14H15NO. The van der Waals surface area contributed by atoms with Crippen LogP contribution in [-0.2, 0) is 12.8 Å². The molecule has 0 spiro atoms. The first kappa shape index (κ1) is 10.7. The Hall–Kier alpha value is -1.83. The van der Waals surface area contributed by atoms with Gasteiger partial charge in [-0.3, -0.25) is 4.98 Å². The van der Waals surface area contributed by atoms with Crippen LogP contribution in [0.5, 0.6) is 5.75 Å². The van der Waals surface area contributed by atoms with Gasteiger partial charge in [-0.25, -0.2) is 0 Å². The lowest BCUT2D eigenvalue weighted by Crippen LogP contribution is -1.92. The summed E-state index contributed by atoms with van der Waals surface area (Å²) in [5.41, 5.74) is 3.23. The molecule has 0 amide bonds. The van der Waals surface area contributed by atoms with Crippen molar-refractivity contribution >= 4 is 0 Å². The molecule has 2 nitrogen and oxygen atoms in total. The number of benzene rings is 1. The van der Waals surface area contributed by atoms with Crippen LogP contribution in [0.15, 0.2) is 42.6 Å². The van der Waals surface area contributed by atoms with Crippen LogP contribution in [-0.4, -0.2) is 10.1 Å². The van der Waals surface area contributed by atoms with E-state index >= 15 is 0 Å². The molecule has 0 aliphatic rings. The second-order valence-corrected chi connectivity index (χ2v) is 3.82. The van der Waals surface area contributed by atoms with E-state index in [9.17, 15) is 5.11 Å². The van der Waals surface area contributed by atoms with Gasteiger partial charge in [-0.15, -0.1) is 0 Å². The van der Waals surface area contributed by atoms with Crippen LogP contribution < -0.4 is 0 Å². The number of pyridine rings is 1. The van der Waals surface area contributed by atoms with E-state index in [2.05, 4.69) is 36.2 Å². The SMILES string of the molecule is CCc1ccc(Cc2ncccc2O)cc1. The minimum atomic E-state index is 0.266. The maximum absolute atomic E-state index is 9.61. The van der Waals surface area contributed by atoms with Gasteiger partial charge in [-0.1, -0.05) is 31.2 Å². The second kappa shape index (κ2) is 4.79. The molecule has 0 atom stereocenters. The fourth-order valence-electron chi connectivity index (χ4n) is 1.65. The first-order chi connectivity index (χ1) is 7.79. The van der Waals surface area contributed by atoms with E-state index in [-0.39, 0.29) is 5.75 Å². The normalized spacial score (nSPS) is 10.3. The molecule has 1 heterocycles. The minimum absolute atomic E-state index is 0.266. The van der Waals surface area contributed by atoms with Gasteiger partial charge in [0, 0.05) is 12.6 Å². The van der Waals surface area contributed by atoms with E-state index in [4.69, 9.17) is 0 Å². The Labute approximate surface area is 95.6 Å². The highest BCUT2D eigenvalue weighted by Crippen LogP contribution is 2.17. The van der Waals surface area contributed by atoms with Crippen molar-refractivity contribution in [3.05, 3.63) is 59.4 Å². The van der Waals surface area contributed by atoms with Crippen LogP contribution in [0.25, 0.3) is 0 Å². The highest BCUT2D eigenvalue weighted by Gasteiger charge is 2.02. The number of hydrogen-bond donors (Lipinski definition) is 1. The summed E-state index contributed by atoms with van der Waals surface area (Å²) in [5.74, 6) is 0.266. The van der Waals surface area contributed by atoms with Crippen LogP contribution in [0.2, 0.25) is 0 Å². The molecular weight excluding hydrogens is 198 g/mol. The van der Waals surface area contributed by atoms with Crippen molar-refractivity contribution in [1.29, 1.82) is 0 Å². The van der Waals surface area contributed by atoms with Gasteiger partial charge < -0.3 is 5.11 Å². The highest BCUT2D eigenvalue weighted by molar-refractivity contribution is 5.32. The first-order valence-corrected chi connectivity index (χ1v) is 5.50. The summed E-state index contributed by atoms with van der Waals surface area (Å²) in [6.45, 7) is 2.14. The van der Waals surface area contributed by atoms with Crippen molar-refractivity contribution in [3.63, 3.8) is 0 Å². The molecule has 1 aromatic heterocycles. The van der Waals surface area contributed by atoms with Crippen molar-refractivity contribution in [2.75, 3.05) is 0 Å². The molecule has 2 rings (SSSR count). The lowest BCUT2D eigenvalue weighted by Gasteiger charge is -2.04. The molecule has 0 radical (unpaired) electrons. The van der Waals surface area contributed by atoms with Crippen molar-refractivity contribution in [2.24, 2.45) is 0 Å². The number of aryl methyl sites for hydroxylation is 1. The molecule has 1 N–H and O–H groups in total. The summed E-state index contributed by atoms with van der Waals surface area (Å²) in [6, 6.07) is 11.8. The van der Waals surface area contributed by atoms with E-state index in [1.54, 1.807) is 18.3 Å². The highest BCUT2D eigenvalue weighted by atomic mass is 16.3. The van der Waals surface area contributed by atoms with Gasteiger partial charge in [0.05, 0.1) is 5.69 Å². The number of rotatable bonds is 3. The standard InChI is InChI=1S/C14H15NO/c1-2-11-5-7-12(8-6-11)10-13-14(16)4-3-9-15-13/h3-9,16H,2,10H2,1H3. The average molecular weight is 213 g/mol. The quantitative estimate of drug-likeness (QED) is 0.850. The molecule has 0 bridgehead atoms. The predicted molar refractivity (Wildman–Crippen MR) is 64.5 cm³/mol. The van der Waals surface area contributed by atoms with E-state index in [0.717, 1.165) is 12.1 Å². The molecule has 0 aliphatic carbocycles. The maximum Gasteiger partial charge on any atom is 0.137 e. The van der Waals surface area contributed by atoms with E-state index < -0.39 is 0 Å². The second-order valence-electron chi connectivity index (χ2n) is 3.82. The topological polar surface area (TPSA) is 33.1 Å². The average Bonchev–Trinajstić information content (AvgIpc) is 2.33. The molecule has 1 aromatic carbocycles. The maximum atomic E-state index is 9.61. The van der Waals surface area contributed by atoms with Gasteiger partial charge in [0.15, 0.2) is 0 Å². The molecule has 0 aliphatic heterocycles. The fourth-order valence-corrected chi connectivity index (χ4v) is 1.65. The summed E-state index contributed by atoms with van der Waals surface area (Å²) >= 11 is 0. The van der Waals surface area contributed by atoms with Crippen LogP contribution in [0, 0.1) is 0 Å². The summed E-state index contributed by atoms with van der Waals surface area (Å²) < 4.78 is 0. The Bertz CT molecular complexity index is 462. The summed E-state index contributed by atoms with van der Waals surface area (Å²) in [6.07, 6.45) is 3.43. The monoisotopic (exact) mass is 213 g/mol. The van der Waals surface area contributed by atoms with Gasteiger partial charge in [0.2, 0.25) is 0 Å². The summed E-state index contributed by atoms with van der Waals surface area (Å²) in [4.78, 5) is 4.17. The number of aromatic nitrogens is 1. The zero-order valence-corrected chi connectivity index (χ0v) is 9.35. The van der Waals surface area contributed by atoms with E-state index in [0.29, 0.717) is 6.42 Å². The Morgan fingerprint density at radius 2 is 1.75 bits per heavy atom. The molecule has 16 heavy (non-hydrogen) atoms. The number of aromatic hydroxyl groups is 1. The van der Waals surface area contributed by atoms with Crippen LogP contribution in [0.1, 0.15) is 23.7 Å². The van der Waals surface area contributed by atoms with Crippen LogP contribution in [0.4, 0.5) is 0 Å². The first-order valence-electron chi connectivity index (χ1n) is 5.50. The van der Waals surface area contributed by atoms with Crippen molar-refractivity contribution in [2.45, 2.75) is 19.8 Å². The molecule has 2 heteroatoms. The Balaban J connectivity index is 2.18. The molecule has 0 fully saturated rings. The zero-order valence-electron chi connectivity index (χ0n) is 9.35. The third-order valence-corrected chi connectivity index (χ3v) is 2.67. The van der Waals surface area contributed by atoms with Gasteiger partial charge in [0.25, 0.3) is 0 Å². The van der Waals surface area contributed by atoms with Crippen LogP contribution in [0.3, 0.4) is 0 Å². The molecule has 0 saturated carbocycles. The van der Waals surface area contributed by atoms with E-state index in [1.165, 1.54) is 11.1 Å². The Kier molecular flexibility index (Phi) is 3.20. The zero-order chi connectivity index (χ0) is 11.4. The fraction of sp³-hybridized carbons (Fsp3) is 0.214. The molecule has 0 saturated heterocycles. The summed E-state index contributed by atoms with van der Waals surface area (Å²) in [5, 5.41) is 9.61. The Morgan fingerprint density at radius 1 is 1.06 bits per heavy atom. The van der Waals surface area contributed by atoms with E-state index in [1.807, 2.05) is 0 Å². The summed E-state index contributed by atoms with van der Waals surface area (Å²) in [7, 11) is 0. The van der Waals surface area contributed by atoms with Crippen molar-refractivity contribution < 1.29 is 5.11 Å². The van der Waals surface area contributed by atoms with Gasteiger partial charge in [-0.05, 0) is 29.7 Å². The molecule has 82 valence electrons. The third-order valence-electron chi connectivity index (χ3n) is 2.67. The van der Waals surface area contributed by atoms with Gasteiger partial charge in [-0.2, -0.15) is 0 Å². The Morgan fingerprint density at radius 3 is 2.38 bits per heavy atom. The number of nitrogens with zero attached hydrogens (tertiary/aromatic N) is 1. The van der Waals surface area contributed by atoms with Gasteiger partial charge >= 0.3 is 0 Å². The van der Waals surface area contributed by atoms with Crippen LogP contribution >= 0.6 is 0 Å².